The lowest BCUT2D eigenvalue weighted by atomic mass is 10.0. The number of rotatable bonds is 8. The minimum atomic E-state index is -0.611. The Morgan fingerprint density at radius 2 is 1.54 bits per heavy atom. The van der Waals surface area contributed by atoms with E-state index in [1.54, 1.807) is 72.2 Å². The number of halogens is 1. The largest absolute Gasteiger partial charge is 0.349 e. The molecule has 0 saturated heterocycles. The average Bonchev–Trinajstić information content (AvgIpc) is 3.70. The van der Waals surface area contributed by atoms with E-state index in [-0.39, 0.29) is 24.4 Å². The van der Waals surface area contributed by atoms with E-state index in [2.05, 4.69) is 10.6 Å². The first kappa shape index (κ1) is 23.8. The molecule has 0 heterocycles. The molecule has 178 valence electrons. The fourth-order valence-corrected chi connectivity index (χ4v) is 3.45. The molecule has 4 N–H and O–H groups in total. The van der Waals surface area contributed by atoms with Gasteiger partial charge in [-0.2, -0.15) is 0 Å². The first-order valence-electron chi connectivity index (χ1n) is 11.1. The van der Waals surface area contributed by atoms with E-state index in [1.807, 2.05) is 0 Å². The van der Waals surface area contributed by atoms with Crippen molar-refractivity contribution in [3.8, 4) is 0 Å². The number of hydroxylamine groups is 1. The molecule has 1 fully saturated rings. The van der Waals surface area contributed by atoms with Crippen LogP contribution in [0.3, 0.4) is 0 Å². The number of carbonyl (C=O) groups is 3. The topological polar surface area (TPSA) is 108 Å². The summed E-state index contributed by atoms with van der Waals surface area (Å²) in [5, 5.41) is 14.4. The summed E-state index contributed by atoms with van der Waals surface area (Å²) in [7, 11) is 0. The van der Waals surface area contributed by atoms with E-state index in [1.165, 1.54) is 12.1 Å². The van der Waals surface area contributed by atoms with Gasteiger partial charge in [0.15, 0.2) is 0 Å². The standard InChI is InChI=1S/C27H24FN3O4/c28-22-3-1-2-21(15-22)24(27(34)30-23-12-13-23)14-17-4-8-19(9-5-17)25(32)29-16-18-6-10-20(11-7-18)26(33)31-35/h1-11,14-15,23,35H,12-13,16H2,(H,29,32)(H,30,34)(H,31,33). The van der Waals surface area contributed by atoms with Gasteiger partial charge in [0.25, 0.3) is 17.7 Å². The van der Waals surface area contributed by atoms with Gasteiger partial charge in [-0.1, -0.05) is 36.4 Å². The molecule has 8 heteroatoms. The van der Waals surface area contributed by atoms with Crippen LogP contribution in [0.1, 0.15) is 50.2 Å². The highest BCUT2D eigenvalue weighted by Crippen LogP contribution is 2.24. The average molecular weight is 474 g/mol. The van der Waals surface area contributed by atoms with Crippen LogP contribution >= 0.6 is 0 Å². The van der Waals surface area contributed by atoms with Crippen molar-refractivity contribution >= 4 is 29.4 Å². The molecule has 4 rings (SSSR count). The summed E-state index contributed by atoms with van der Waals surface area (Å²) >= 11 is 0. The lowest BCUT2D eigenvalue weighted by Gasteiger charge is -2.10. The van der Waals surface area contributed by atoms with Crippen LogP contribution < -0.4 is 16.1 Å². The highest BCUT2D eigenvalue weighted by molar-refractivity contribution is 6.24. The molecule has 0 atom stereocenters. The van der Waals surface area contributed by atoms with Gasteiger partial charge in [0.1, 0.15) is 5.82 Å². The van der Waals surface area contributed by atoms with Gasteiger partial charge in [0, 0.05) is 29.3 Å². The molecule has 3 aromatic rings. The van der Waals surface area contributed by atoms with E-state index < -0.39 is 11.7 Å². The van der Waals surface area contributed by atoms with Crippen molar-refractivity contribution in [3.05, 3.63) is 106 Å². The van der Waals surface area contributed by atoms with Crippen molar-refractivity contribution in [3.63, 3.8) is 0 Å². The Labute approximate surface area is 201 Å². The Morgan fingerprint density at radius 3 is 2.17 bits per heavy atom. The fourth-order valence-electron chi connectivity index (χ4n) is 3.45. The third kappa shape index (κ3) is 6.39. The SMILES string of the molecule is O=C(NC1CC1)C(=Cc1ccc(C(=O)NCc2ccc(C(=O)NO)cc2)cc1)c1cccc(F)c1. The summed E-state index contributed by atoms with van der Waals surface area (Å²) in [4.78, 5) is 36.7. The Bertz CT molecular complexity index is 1270. The molecule has 0 radical (unpaired) electrons. The van der Waals surface area contributed by atoms with Gasteiger partial charge in [-0.25, -0.2) is 9.87 Å². The lowest BCUT2D eigenvalue weighted by Crippen LogP contribution is -2.26. The second-order valence-corrected chi connectivity index (χ2v) is 8.26. The zero-order valence-electron chi connectivity index (χ0n) is 18.8. The van der Waals surface area contributed by atoms with Crippen LogP contribution in [0.25, 0.3) is 11.6 Å². The van der Waals surface area contributed by atoms with E-state index in [0.717, 1.165) is 18.4 Å². The van der Waals surface area contributed by atoms with Gasteiger partial charge >= 0.3 is 0 Å². The third-order valence-corrected chi connectivity index (χ3v) is 5.55. The summed E-state index contributed by atoms with van der Waals surface area (Å²) in [5.41, 5.74) is 4.62. The number of benzene rings is 3. The molecule has 0 aliphatic heterocycles. The predicted molar refractivity (Wildman–Crippen MR) is 129 cm³/mol. The molecule has 7 nitrogen and oxygen atoms in total. The first-order chi connectivity index (χ1) is 16.9. The van der Waals surface area contributed by atoms with Crippen LogP contribution in [0.5, 0.6) is 0 Å². The number of nitrogens with one attached hydrogen (secondary N) is 3. The molecule has 0 unspecified atom stereocenters. The molecule has 3 aromatic carbocycles. The molecule has 35 heavy (non-hydrogen) atoms. The molecule has 1 aliphatic carbocycles. The normalized spacial score (nSPS) is 13.1. The van der Waals surface area contributed by atoms with Crippen LogP contribution in [0.4, 0.5) is 4.39 Å². The van der Waals surface area contributed by atoms with Gasteiger partial charge in [0.2, 0.25) is 0 Å². The maximum absolute atomic E-state index is 13.8. The van der Waals surface area contributed by atoms with Gasteiger partial charge < -0.3 is 10.6 Å². The zero-order chi connectivity index (χ0) is 24.8. The van der Waals surface area contributed by atoms with Crippen molar-refractivity contribution in [2.45, 2.75) is 25.4 Å². The molecule has 1 saturated carbocycles. The van der Waals surface area contributed by atoms with E-state index in [0.29, 0.717) is 27.8 Å². The van der Waals surface area contributed by atoms with Crippen molar-refractivity contribution in [1.82, 2.24) is 16.1 Å². The molecule has 0 bridgehead atoms. The Balaban J connectivity index is 1.44. The van der Waals surface area contributed by atoms with Crippen LogP contribution in [-0.2, 0) is 11.3 Å². The van der Waals surface area contributed by atoms with E-state index in [4.69, 9.17) is 5.21 Å². The number of carbonyl (C=O) groups excluding carboxylic acids is 3. The summed E-state index contributed by atoms with van der Waals surface area (Å²) in [6.45, 7) is 0.257. The molecular weight excluding hydrogens is 449 g/mol. The first-order valence-corrected chi connectivity index (χ1v) is 11.1. The van der Waals surface area contributed by atoms with E-state index >= 15 is 0 Å². The Hall–Kier alpha value is -4.30. The second kappa shape index (κ2) is 10.8. The molecule has 3 amide bonds. The highest BCUT2D eigenvalue weighted by Gasteiger charge is 2.25. The maximum Gasteiger partial charge on any atom is 0.274 e. The molecular formula is C27H24FN3O4. The minimum absolute atomic E-state index is 0.161. The lowest BCUT2D eigenvalue weighted by molar-refractivity contribution is -0.115. The molecule has 0 aromatic heterocycles. The Morgan fingerprint density at radius 1 is 0.886 bits per heavy atom. The van der Waals surface area contributed by atoms with Crippen molar-refractivity contribution in [1.29, 1.82) is 0 Å². The predicted octanol–water partition coefficient (Wildman–Crippen LogP) is 3.69. The fraction of sp³-hybridized carbons (Fsp3) is 0.148. The summed E-state index contributed by atoms with van der Waals surface area (Å²) in [5.74, 6) is -1.58. The van der Waals surface area contributed by atoms with Crippen molar-refractivity contribution in [2.24, 2.45) is 0 Å². The zero-order valence-corrected chi connectivity index (χ0v) is 18.8. The smallest absolute Gasteiger partial charge is 0.274 e. The summed E-state index contributed by atoms with van der Waals surface area (Å²) in [6.07, 6.45) is 3.56. The maximum atomic E-state index is 13.8. The quantitative estimate of drug-likeness (QED) is 0.173. The number of hydrogen-bond donors (Lipinski definition) is 4. The Kier molecular flexibility index (Phi) is 7.32. The van der Waals surface area contributed by atoms with Gasteiger partial charge in [-0.05, 0) is 72.0 Å². The second-order valence-electron chi connectivity index (χ2n) is 8.26. The highest BCUT2D eigenvalue weighted by atomic mass is 19.1. The molecule has 0 spiro atoms. The van der Waals surface area contributed by atoms with Crippen molar-refractivity contribution in [2.75, 3.05) is 0 Å². The van der Waals surface area contributed by atoms with Crippen LogP contribution in [0.2, 0.25) is 0 Å². The van der Waals surface area contributed by atoms with Crippen LogP contribution in [0.15, 0.2) is 72.8 Å². The number of hydrogen-bond acceptors (Lipinski definition) is 4. The van der Waals surface area contributed by atoms with Crippen LogP contribution in [-0.4, -0.2) is 29.0 Å². The van der Waals surface area contributed by atoms with Crippen molar-refractivity contribution < 1.29 is 24.0 Å². The third-order valence-electron chi connectivity index (χ3n) is 5.55. The molecule has 1 aliphatic rings. The van der Waals surface area contributed by atoms with Gasteiger partial charge in [0.05, 0.1) is 0 Å². The summed E-state index contributed by atoms with van der Waals surface area (Å²) < 4.78 is 13.8. The monoisotopic (exact) mass is 473 g/mol. The van der Waals surface area contributed by atoms with Gasteiger partial charge in [-0.15, -0.1) is 0 Å². The van der Waals surface area contributed by atoms with Gasteiger partial charge in [-0.3, -0.25) is 19.6 Å². The van der Waals surface area contributed by atoms with E-state index in [9.17, 15) is 18.8 Å². The van der Waals surface area contributed by atoms with Crippen LogP contribution in [0, 0.1) is 5.82 Å². The minimum Gasteiger partial charge on any atom is -0.349 e. The summed E-state index contributed by atoms with van der Waals surface area (Å²) in [6, 6.07) is 19.3. The number of amides is 3.